The van der Waals surface area contributed by atoms with Gasteiger partial charge in [-0.25, -0.2) is 0 Å². The van der Waals surface area contributed by atoms with Crippen molar-refractivity contribution in [1.82, 2.24) is 0 Å². The summed E-state index contributed by atoms with van der Waals surface area (Å²) in [6, 6.07) is 19.8. The van der Waals surface area contributed by atoms with E-state index < -0.39 is 0 Å². The van der Waals surface area contributed by atoms with E-state index in [0.29, 0.717) is 11.6 Å². The molecule has 41 heavy (non-hydrogen) atoms. The van der Waals surface area contributed by atoms with Crippen molar-refractivity contribution in [3.63, 3.8) is 0 Å². The van der Waals surface area contributed by atoms with Crippen molar-refractivity contribution in [3.05, 3.63) is 174 Å². The maximum absolute atomic E-state index is 5.67. The monoisotopic (exact) mass is 533 g/mol. The van der Waals surface area contributed by atoms with Crippen LogP contribution >= 0.6 is 0 Å². The Morgan fingerprint density at radius 1 is 1.02 bits per heavy atom. The fourth-order valence-electron chi connectivity index (χ4n) is 5.90. The van der Waals surface area contributed by atoms with Crippen molar-refractivity contribution in [2.75, 3.05) is 0 Å². The second-order valence-electron chi connectivity index (χ2n) is 10.7. The second-order valence-corrected chi connectivity index (χ2v) is 10.7. The minimum atomic E-state index is 0.431. The van der Waals surface area contributed by atoms with Gasteiger partial charge in [0.05, 0.1) is 0 Å². The highest BCUT2D eigenvalue weighted by atomic mass is 14.5. The predicted octanol–water partition coefficient (Wildman–Crippen LogP) is 10.1. The van der Waals surface area contributed by atoms with Crippen molar-refractivity contribution in [2.45, 2.75) is 32.6 Å². The molecule has 1 atom stereocenters. The Kier molecular flexibility index (Phi) is 8.96. The van der Waals surface area contributed by atoms with Crippen molar-refractivity contribution < 1.29 is 0 Å². The van der Waals surface area contributed by atoms with Gasteiger partial charge in [0.1, 0.15) is 0 Å². The zero-order valence-corrected chi connectivity index (χ0v) is 24.0. The fraction of sp³-hybridized carbons (Fsp3) is 0.150. The van der Waals surface area contributed by atoms with Gasteiger partial charge in [0.15, 0.2) is 0 Å². The lowest BCUT2D eigenvalue weighted by Crippen LogP contribution is -2.03. The zero-order chi connectivity index (χ0) is 28.6. The summed E-state index contributed by atoms with van der Waals surface area (Å²) in [5.74, 6) is 0.431. The number of benzene rings is 3. The normalized spacial score (nSPS) is 16.7. The summed E-state index contributed by atoms with van der Waals surface area (Å²) in [6.45, 7) is 10.1. The topological polar surface area (TPSA) is 26.0 Å². The van der Waals surface area contributed by atoms with E-state index in [9.17, 15) is 0 Å². The largest absolute Gasteiger partial charge is 0.399 e. The molecule has 204 valence electrons. The molecule has 0 radical (unpaired) electrons. The van der Waals surface area contributed by atoms with Gasteiger partial charge in [-0.3, -0.25) is 0 Å². The quantitative estimate of drug-likeness (QED) is 0.193. The molecule has 0 fully saturated rings. The SMILES string of the molecule is C=C/C=C(\CC=Cc1ccc2ccccc2c1)c1ccc(C/C=C\C=C/C(=C)N)c(CC)c1C1=CC2C=CCC2=C1. The number of allylic oxidation sites excluding steroid dienone is 14. The van der Waals surface area contributed by atoms with Gasteiger partial charge in [0.2, 0.25) is 0 Å². The van der Waals surface area contributed by atoms with Gasteiger partial charge in [-0.15, -0.1) is 0 Å². The third-order valence-corrected chi connectivity index (χ3v) is 7.86. The molecule has 0 heterocycles. The molecule has 1 unspecified atom stereocenters. The molecule has 0 amide bonds. The van der Waals surface area contributed by atoms with Gasteiger partial charge < -0.3 is 5.73 Å². The van der Waals surface area contributed by atoms with Crippen molar-refractivity contribution in [1.29, 1.82) is 0 Å². The van der Waals surface area contributed by atoms with E-state index in [-0.39, 0.29) is 0 Å². The molecule has 0 saturated carbocycles. The summed E-state index contributed by atoms with van der Waals surface area (Å²) >= 11 is 0. The molecule has 2 aliphatic rings. The highest BCUT2D eigenvalue weighted by Crippen LogP contribution is 2.42. The number of fused-ring (bicyclic) bond motifs is 2. The number of nitrogens with two attached hydrogens (primary N) is 1. The van der Waals surface area contributed by atoms with E-state index in [2.05, 4.69) is 129 Å². The first kappa shape index (κ1) is 27.9. The van der Waals surface area contributed by atoms with Gasteiger partial charge in [-0.2, -0.15) is 0 Å². The molecule has 1 nitrogen and oxygen atoms in total. The Labute approximate surface area is 245 Å². The summed E-state index contributed by atoms with van der Waals surface area (Å²) in [6.07, 6.45) is 29.8. The molecule has 3 aromatic rings. The van der Waals surface area contributed by atoms with Crippen LogP contribution in [0.25, 0.3) is 28.0 Å². The summed E-state index contributed by atoms with van der Waals surface area (Å²) in [5, 5.41) is 2.53. The van der Waals surface area contributed by atoms with E-state index in [4.69, 9.17) is 5.73 Å². The summed E-state index contributed by atoms with van der Waals surface area (Å²) in [7, 11) is 0. The molecule has 0 aromatic heterocycles. The second kappa shape index (κ2) is 13.2. The molecular weight excluding hydrogens is 494 g/mol. The van der Waals surface area contributed by atoms with E-state index in [0.717, 1.165) is 25.7 Å². The van der Waals surface area contributed by atoms with Crippen LogP contribution in [0.5, 0.6) is 0 Å². The van der Waals surface area contributed by atoms with Crippen molar-refractivity contribution in [3.8, 4) is 0 Å². The molecule has 0 bridgehead atoms. The van der Waals surface area contributed by atoms with E-state index >= 15 is 0 Å². The lowest BCUT2D eigenvalue weighted by Gasteiger charge is -2.20. The first-order valence-corrected chi connectivity index (χ1v) is 14.6. The molecule has 0 saturated heterocycles. The van der Waals surface area contributed by atoms with Crippen LogP contribution in [0.1, 0.15) is 47.6 Å². The van der Waals surface area contributed by atoms with Gasteiger partial charge in [-0.1, -0.05) is 141 Å². The Morgan fingerprint density at radius 3 is 2.66 bits per heavy atom. The summed E-state index contributed by atoms with van der Waals surface area (Å²) in [4.78, 5) is 0. The van der Waals surface area contributed by atoms with E-state index in [1.807, 2.05) is 18.2 Å². The molecule has 1 heteroatoms. The van der Waals surface area contributed by atoms with Gasteiger partial charge in [0, 0.05) is 11.6 Å². The van der Waals surface area contributed by atoms with E-state index in [1.165, 1.54) is 55.3 Å². The third-order valence-electron chi connectivity index (χ3n) is 7.86. The minimum Gasteiger partial charge on any atom is -0.399 e. The average molecular weight is 534 g/mol. The van der Waals surface area contributed by atoms with Gasteiger partial charge >= 0.3 is 0 Å². The first-order chi connectivity index (χ1) is 20.1. The third kappa shape index (κ3) is 6.58. The maximum atomic E-state index is 5.67. The molecule has 2 N–H and O–H groups in total. The summed E-state index contributed by atoms with van der Waals surface area (Å²) < 4.78 is 0. The Hall–Kier alpha value is -4.62. The number of hydrogen-bond donors (Lipinski definition) is 1. The highest BCUT2D eigenvalue weighted by molar-refractivity contribution is 5.90. The first-order valence-electron chi connectivity index (χ1n) is 14.6. The molecule has 0 aliphatic heterocycles. The van der Waals surface area contributed by atoms with Crippen LogP contribution in [0.15, 0.2) is 146 Å². The Bertz CT molecular complexity index is 1680. The van der Waals surface area contributed by atoms with Crippen molar-refractivity contribution in [2.24, 2.45) is 11.7 Å². The lowest BCUT2D eigenvalue weighted by molar-refractivity contribution is 1.01. The van der Waals surface area contributed by atoms with Gasteiger partial charge in [-0.05, 0) is 87.6 Å². The molecular formula is C40H39N. The molecule has 5 rings (SSSR count). The predicted molar refractivity (Wildman–Crippen MR) is 180 cm³/mol. The van der Waals surface area contributed by atoms with Crippen LogP contribution in [-0.4, -0.2) is 0 Å². The highest BCUT2D eigenvalue weighted by Gasteiger charge is 2.24. The van der Waals surface area contributed by atoms with Crippen LogP contribution < -0.4 is 5.73 Å². The molecule has 0 spiro atoms. The lowest BCUT2D eigenvalue weighted by atomic mass is 9.84. The van der Waals surface area contributed by atoms with Crippen LogP contribution in [-0.2, 0) is 12.8 Å². The Morgan fingerprint density at radius 2 is 1.88 bits per heavy atom. The standard InChI is InChI=1S/C40H39N/c1-4-13-32(19-11-15-30-22-23-31-16-9-10-18-34(31)26-30)39-25-24-33(17-8-6-7-14-29(3)41)38(5-2)40(39)37-27-35-20-12-21-36(35)28-37/h4,6-16,18,20,22-28,35H,1,3,5,17,19,21,41H2,2H3/b8-6-,14-7-,15-11?,32-13+. The Balaban J connectivity index is 1.50. The smallest absolute Gasteiger partial charge is 0.0240 e. The molecule has 2 aliphatic carbocycles. The van der Waals surface area contributed by atoms with E-state index in [1.54, 1.807) is 0 Å². The molecule has 3 aromatic carbocycles. The van der Waals surface area contributed by atoms with Crippen LogP contribution in [0.3, 0.4) is 0 Å². The van der Waals surface area contributed by atoms with Gasteiger partial charge in [0.25, 0.3) is 0 Å². The maximum Gasteiger partial charge on any atom is 0.0240 e. The number of rotatable bonds is 11. The zero-order valence-electron chi connectivity index (χ0n) is 24.0. The van der Waals surface area contributed by atoms with Crippen LogP contribution in [0.2, 0.25) is 0 Å². The van der Waals surface area contributed by atoms with Crippen molar-refractivity contribution >= 4 is 28.0 Å². The average Bonchev–Trinajstić information content (AvgIpc) is 3.59. The summed E-state index contributed by atoms with van der Waals surface area (Å²) in [5.41, 5.74) is 17.0. The van der Waals surface area contributed by atoms with Crippen LogP contribution in [0.4, 0.5) is 0 Å². The minimum absolute atomic E-state index is 0.431. The fourth-order valence-corrected chi connectivity index (χ4v) is 5.90. The number of hydrogen-bond acceptors (Lipinski definition) is 1. The van der Waals surface area contributed by atoms with Crippen LogP contribution in [0, 0.1) is 5.92 Å².